The Morgan fingerprint density at radius 3 is 2.39 bits per heavy atom. The molecule has 9 heteroatoms. The number of sulfonamides is 1. The first-order valence-electron chi connectivity index (χ1n) is 9.27. The molecular formula is C19H23N5O3S. The molecule has 0 atom stereocenters. The van der Waals surface area contributed by atoms with Gasteiger partial charge in [0.1, 0.15) is 16.4 Å². The van der Waals surface area contributed by atoms with Crippen molar-refractivity contribution >= 4 is 10.0 Å². The van der Waals surface area contributed by atoms with Gasteiger partial charge in [-0.25, -0.2) is 13.4 Å². The lowest BCUT2D eigenvalue weighted by molar-refractivity contribution is 0.273. The summed E-state index contributed by atoms with van der Waals surface area (Å²) in [6.07, 6.45) is 6.81. The molecule has 148 valence electrons. The molecule has 0 aromatic carbocycles. The van der Waals surface area contributed by atoms with Crippen molar-refractivity contribution in [2.45, 2.75) is 44.6 Å². The Bertz CT molecular complexity index is 1060. The van der Waals surface area contributed by atoms with Gasteiger partial charge in [0.25, 0.3) is 0 Å². The molecule has 0 aliphatic carbocycles. The molecule has 0 N–H and O–H groups in total. The number of hydrogen-bond acceptors (Lipinski definition) is 6. The summed E-state index contributed by atoms with van der Waals surface area (Å²) < 4.78 is 34.9. The highest BCUT2D eigenvalue weighted by Gasteiger charge is 2.34. The predicted molar refractivity (Wildman–Crippen MR) is 103 cm³/mol. The number of aryl methyl sites for hydroxylation is 3. The fourth-order valence-electron chi connectivity index (χ4n) is 3.93. The van der Waals surface area contributed by atoms with E-state index < -0.39 is 10.0 Å². The van der Waals surface area contributed by atoms with Gasteiger partial charge in [-0.15, -0.1) is 0 Å². The third kappa shape index (κ3) is 3.14. The summed E-state index contributed by atoms with van der Waals surface area (Å²) >= 11 is 0. The number of aromatic nitrogens is 4. The Labute approximate surface area is 164 Å². The van der Waals surface area contributed by atoms with Crippen molar-refractivity contribution in [3.05, 3.63) is 47.9 Å². The van der Waals surface area contributed by atoms with Crippen LogP contribution in [0.4, 0.5) is 0 Å². The summed E-state index contributed by atoms with van der Waals surface area (Å²) in [7, 11) is -3.60. The maximum absolute atomic E-state index is 13.0. The molecule has 4 heterocycles. The van der Waals surface area contributed by atoms with Crippen molar-refractivity contribution in [3.8, 4) is 11.4 Å². The molecule has 0 spiro atoms. The van der Waals surface area contributed by atoms with E-state index in [0.29, 0.717) is 24.5 Å². The Hall–Kier alpha value is -2.52. The van der Waals surface area contributed by atoms with Crippen LogP contribution >= 0.6 is 0 Å². The van der Waals surface area contributed by atoms with Crippen LogP contribution in [0, 0.1) is 20.8 Å². The minimum atomic E-state index is -3.60. The fourth-order valence-corrected chi connectivity index (χ4v) is 5.70. The van der Waals surface area contributed by atoms with Gasteiger partial charge in [0.15, 0.2) is 5.76 Å². The first-order valence-corrected chi connectivity index (χ1v) is 10.7. The zero-order valence-corrected chi connectivity index (χ0v) is 17.0. The molecule has 28 heavy (non-hydrogen) atoms. The molecule has 0 saturated carbocycles. The molecule has 3 aromatic rings. The predicted octanol–water partition coefficient (Wildman–Crippen LogP) is 2.88. The van der Waals surface area contributed by atoms with Crippen molar-refractivity contribution in [2.75, 3.05) is 13.1 Å². The van der Waals surface area contributed by atoms with E-state index in [0.717, 1.165) is 29.9 Å². The minimum Gasteiger partial charge on any atom is -0.360 e. The Balaban J connectivity index is 1.57. The van der Waals surface area contributed by atoms with E-state index in [1.807, 2.05) is 25.3 Å². The topological polar surface area (TPSA) is 94.1 Å². The zero-order valence-electron chi connectivity index (χ0n) is 16.2. The lowest BCUT2D eigenvalue weighted by Crippen LogP contribution is -2.39. The van der Waals surface area contributed by atoms with E-state index in [4.69, 9.17) is 4.52 Å². The van der Waals surface area contributed by atoms with Crippen LogP contribution in [0.5, 0.6) is 0 Å². The molecule has 1 saturated heterocycles. The van der Waals surface area contributed by atoms with Crippen LogP contribution in [0.1, 0.15) is 36.0 Å². The molecule has 1 aliphatic rings. The van der Waals surface area contributed by atoms with Crippen LogP contribution in [0.3, 0.4) is 0 Å². The van der Waals surface area contributed by atoms with Crippen LogP contribution < -0.4 is 0 Å². The van der Waals surface area contributed by atoms with Gasteiger partial charge in [-0.3, -0.25) is 4.98 Å². The highest BCUT2D eigenvalue weighted by atomic mass is 32.2. The summed E-state index contributed by atoms with van der Waals surface area (Å²) in [5.74, 6) is 1.23. The molecule has 8 nitrogen and oxygen atoms in total. The number of nitrogens with zero attached hydrogens (tertiary/aromatic N) is 5. The molecule has 0 bridgehead atoms. The lowest BCUT2D eigenvalue weighted by atomic mass is 10.1. The molecule has 0 radical (unpaired) electrons. The van der Waals surface area contributed by atoms with Crippen molar-refractivity contribution in [2.24, 2.45) is 0 Å². The van der Waals surface area contributed by atoms with Gasteiger partial charge in [0, 0.05) is 49.0 Å². The van der Waals surface area contributed by atoms with Gasteiger partial charge in [-0.2, -0.15) is 4.31 Å². The second-order valence-corrected chi connectivity index (χ2v) is 8.99. The molecule has 0 amide bonds. The van der Waals surface area contributed by atoms with E-state index in [1.165, 1.54) is 4.31 Å². The quantitative estimate of drug-likeness (QED) is 0.667. The van der Waals surface area contributed by atoms with Crippen molar-refractivity contribution < 1.29 is 12.9 Å². The monoisotopic (exact) mass is 401 g/mol. The number of imidazole rings is 1. The van der Waals surface area contributed by atoms with Crippen LogP contribution in [-0.2, 0) is 10.0 Å². The summed E-state index contributed by atoms with van der Waals surface area (Å²) in [6.45, 7) is 6.22. The maximum Gasteiger partial charge on any atom is 0.248 e. The van der Waals surface area contributed by atoms with Gasteiger partial charge in [0.2, 0.25) is 10.0 Å². The van der Waals surface area contributed by atoms with E-state index in [2.05, 4.69) is 19.7 Å². The van der Waals surface area contributed by atoms with Crippen molar-refractivity contribution in [1.82, 2.24) is 24.0 Å². The third-order valence-corrected chi connectivity index (χ3v) is 7.42. The molecule has 1 fully saturated rings. The van der Waals surface area contributed by atoms with Gasteiger partial charge < -0.3 is 9.09 Å². The van der Waals surface area contributed by atoms with Crippen LogP contribution in [-0.4, -0.2) is 45.5 Å². The number of piperidine rings is 1. The normalized spacial score (nSPS) is 16.5. The van der Waals surface area contributed by atoms with E-state index in [9.17, 15) is 8.42 Å². The summed E-state index contributed by atoms with van der Waals surface area (Å²) in [5.41, 5.74) is 2.48. The smallest absolute Gasteiger partial charge is 0.248 e. The number of hydrogen-bond donors (Lipinski definition) is 0. The second-order valence-electron chi connectivity index (χ2n) is 7.12. The minimum absolute atomic E-state index is 0.196. The van der Waals surface area contributed by atoms with Crippen LogP contribution in [0.25, 0.3) is 11.4 Å². The molecule has 0 unspecified atom stereocenters. The summed E-state index contributed by atoms with van der Waals surface area (Å²) in [6, 6.07) is 4.08. The number of pyridine rings is 1. The first kappa shape index (κ1) is 18.8. The average molecular weight is 401 g/mol. The van der Waals surface area contributed by atoms with E-state index in [-0.39, 0.29) is 10.9 Å². The third-order valence-electron chi connectivity index (χ3n) is 5.27. The van der Waals surface area contributed by atoms with Gasteiger partial charge in [-0.1, -0.05) is 5.16 Å². The largest absolute Gasteiger partial charge is 0.360 e. The Morgan fingerprint density at radius 2 is 1.79 bits per heavy atom. The fraction of sp³-hybridized carbons (Fsp3) is 0.421. The Morgan fingerprint density at radius 1 is 1.11 bits per heavy atom. The van der Waals surface area contributed by atoms with Crippen molar-refractivity contribution in [1.29, 1.82) is 0 Å². The number of rotatable bonds is 4. The highest BCUT2D eigenvalue weighted by molar-refractivity contribution is 7.89. The maximum atomic E-state index is 13.0. The SMILES string of the molecule is Cc1noc(C)c1S(=O)(=O)N1CCC(n2c(C)cnc2-c2ccncc2)CC1. The van der Waals surface area contributed by atoms with Crippen LogP contribution in [0.2, 0.25) is 0 Å². The van der Waals surface area contributed by atoms with Gasteiger partial charge in [0.05, 0.1) is 0 Å². The average Bonchev–Trinajstić information content (AvgIpc) is 3.24. The first-order chi connectivity index (χ1) is 13.4. The second kappa shape index (κ2) is 7.14. The standard InChI is InChI=1S/C19H23N5O3S/c1-13-12-21-19(16-4-8-20-9-5-16)24(13)17-6-10-23(11-7-17)28(25,26)18-14(2)22-27-15(18)3/h4-5,8-9,12,17H,6-7,10-11H2,1-3H3. The molecular weight excluding hydrogens is 378 g/mol. The van der Waals surface area contributed by atoms with Crippen LogP contribution in [0.15, 0.2) is 40.1 Å². The lowest BCUT2D eigenvalue weighted by Gasteiger charge is -2.33. The molecule has 1 aliphatic heterocycles. The van der Waals surface area contributed by atoms with E-state index in [1.54, 1.807) is 26.2 Å². The highest BCUT2D eigenvalue weighted by Crippen LogP contribution is 2.33. The van der Waals surface area contributed by atoms with Gasteiger partial charge >= 0.3 is 0 Å². The summed E-state index contributed by atoms with van der Waals surface area (Å²) in [4.78, 5) is 8.84. The zero-order chi connectivity index (χ0) is 19.9. The van der Waals surface area contributed by atoms with E-state index >= 15 is 0 Å². The Kier molecular flexibility index (Phi) is 4.80. The molecule has 4 rings (SSSR count). The van der Waals surface area contributed by atoms with Crippen molar-refractivity contribution in [3.63, 3.8) is 0 Å². The van der Waals surface area contributed by atoms with Gasteiger partial charge in [-0.05, 0) is 45.7 Å². The molecule has 3 aromatic heterocycles. The summed E-state index contributed by atoms with van der Waals surface area (Å²) in [5, 5.41) is 3.79.